The van der Waals surface area contributed by atoms with Crippen molar-refractivity contribution in [1.29, 1.82) is 0 Å². The third-order valence-corrected chi connectivity index (χ3v) is 3.95. The second kappa shape index (κ2) is 7.29. The van der Waals surface area contributed by atoms with E-state index in [9.17, 15) is 4.79 Å². The Kier molecular flexibility index (Phi) is 5.69. The maximum Gasteiger partial charge on any atom is 0.227 e. The first-order chi connectivity index (χ1) is 9.61. The highest BCUT2D eigenvalue weighted by Crippen LogP contribution is 2.37. The van der Waals surface area contributed by atoms with Crippen molar-refractivity contribution in [3.05, 3.63) is 21.6 Å². The number of anilines is 1. The van der Waals surface area contributed by atoms with Crippen LogP contribution < -0.4 is 10.1 Å². The van der Waals surface area contributed by atoms with Crippen molar-refractivity contribution in [2.75, 3.05) is 25.1 Å². The molecule has 6 heteroatoms. The van der Waals surface area contributed by atoms with E-state index in [1.807, 2.05) is 6.92 Å². The number of rotatable bonds is 4. The zero-order valence-electron chi connectivity index (χ0n) is 11.2. The van der Waals surface area contributed by atoms with Gasteiger partial charge >= 0.3 is 0 Å². The van der Waals surface area contributed by atoms with Crippen LogP contribution >= 0.6 is 27.5 Å². The maximum absolute atomic E-state index is 12.3. The minimum absolute atomic E-state index is 0.0107. The molecule has 0 aliphatic carbocycles. The summed E-state index contributed by atoms with van der Waals surface area (Å²) in [5.74, 6) is 0.580. The molecule has 0 saturated carbocycles. The standard InChI is InChI=1S/C14H17BrClNO3/c1-2-20-13-11(15)7-10(16)8-12(13)17-14(18)9-3-5-19-6-4-9/h7-9H,2-6H2,1H3,(H,17,18). The molecular formula is C14H17BrClNO3. The van der Waals surface area contributed by atoms with Crippen molar-refractivity contribution in [3.63, 3.8) is 0 Å². The minimum atomic E-state index is -0.0176. The molecule has 1 fully saturated rings. The van der Waals surface area contributed by atoms with Gasteiger partial charge in [0.2, 0.25) is 5.91 Å². The van der Waals surface area contributed by atoms with Crippen molar-refractivity contribution in [2.45, 2.75) is 19.8 Å². The van der Waals surface area contributed by atoms with Crippen LogP contribution in [0.5, 0.6) is 5.75 Å². The SMILES string of the molecule is CCOc1c(Br)cc(Cl)cc1NC(=O)C1CCOCC1. The maximum atomic E-state index is 12.3. The summed E-state index contributed by atoms with van der Waals surface area (Å²) in [6.07, 6.45) is 1.50. The summed E-state index contributed by atoms with van der Waals surface area (Å²) in [6, 6.07) is 3.45. The summed E-state index contributed by atoms with van der Waals surface area (Å²) >= 11 is 9.44. The molecule has 0 radical (unpaired) electrons. The smallest absolute Gasteiger partial charge is 0.227 e. The molecule has 1 aliphatic rings. The molecule has 4 nitrogen and oxygen atoms in total. The van der Waals surface area contributed by atoms with Crippen LogP contribution in [0.2, 0.25) is 5.02 Å². The number of carbonyl (C=O) groups is 1. The van der Waals surface area contributed by atoms with Gasteiger partial charge in [0.25, 0.3) is 0 Å². The molecule has 20 heavy (non-hydrogen) atoms. The highest BCUT2D eigenvalue weighted by atomic mass is 79.9. The van der Waals surface area contributed by atoms with E-state index in [2.05, 4.69) is 21.2 Å². The number of hydrogen-bond acceptors (Lipinski definition) is 3. The number of halogens is 2. The van der Waals surface area contributed by atoms with Crippen LogP contribution in [-0.2, 0) is 9.53 Å². The second-order valence-corrected chi connectivity index (χ2v) is 5.86. The molecule has 110 valence electrons. The average molecular weight is 363 g/mol. The lowest BCUT2D eigenvalue weighted by atomic mass is 9.99. The van der Waals surface area contributed by atoms with Crippen LogP contribution in [0.25, 0.3) is 0 Å². The first kappa shape index (κ1) is 15.6. The molecule has 1 amide bonds. The fourth-order valence-corrected chi connectivity index (χ4v) is 3.06. The van der Waals surface area contributed by atoms with E-state index in [1.54, 1.807) is 12.1 Å². The van der Waals surface area contributed by atoms with Gasteiger partial charge in [0, 0.05) is 24.2 Å². The van der Waals surface area contributed by atoms with Gasteiger partial charge < -0.3 is 14.8 Å². The van der Waals surface area contributed by atoms with Crippen molar-refractivity contribution in [2.24, 2.45) is 5.92 Å². The lowest BCUT2D eigenvalue weighted by Gasteiger charge is -2.22. The van der Waals surface area contributed by atoms with Gasteiger partial charge in [-0.05, 0) is 47.8 Å². The van der Waals surface area contributed by atoms with E-state index in [0.29, 0.717) is 36.3 Å². The van der Waals surface area contributed by atoms with E-state index >= 15 is 0 Å². The lowest BCUT2D eigenvalue weighted by Crippen LogP contribution is -2.28. The quantitative estimate of drug-likeness (QED) is 0.884. The predicted molar refractivity (Wildman–Crippen MR) is 82.5 cm³/mol. The Morgan fingerprint density at radius 2 is 2.20 bits per heavy atom. The summed E-state index contributed by atoms with van der Waals surface area (Å²) < 4.78 is 11.6. The van der Waals surface area contributed by atoms with Gasteiger partial charge in [-0.15, -0.1) is 0 Å². The van der Waals surface area contributed by atoms with Gasteiger partial charge in [-0.2, -0.15) is 0 Å². The van der Waals surface area contributed by atoms with E-state index in [0.717, 1.165) is 17.3 Å². The topological polar surface area (TPSA) is 47.6 Å². The molecule has 1 heterocycles. The van der Waals surface area contributed by atoms with E-state index < -0.39 is 0 Å². The monoisotopic (exact) mass is 361 g/mol. The fraction of sp³-hybridized carbons (Fsp3) is 0.500. The van der Waals surface area contributed by atoms with Crippen LogP contribution in [-0.4, -0.2) is 25.7 Å². The largest absolute Gasteiger partial charge is 0.491 e. The molecule has 0 unspecified atom stereocenters. The Hall–Kier alpha value is -0.780. The van der Waals surface area contributed by atoms with Crippen LogP contribution in [0.15, 0.2) is 16.6 Å². The average Bonchev–Trinajstić information content (AvgIpc) is 2.43. The fourth-order valence-electron chi connectivity index (χ4n) is 2.14. The van der Waals surface area contributed by atoms with Crippen molar-refractivity contribution in [1.82, 2.24) is 0 Å². The summed E-state index contributed by atoms with van der Waals surface area (Å²) in [5.41, 5.74) is 0.600. The molecule has 0 aromatic heterocycles. The summed E-state index contributed by atoms with van der Waals surface area (Å²) in [7, 11) is 0. The van der Waals surface area contributed by atoms with Crippen molar-refractivity contribution >= 4 is 39.1 Å². The van der Waals surface area contributed by atoms with E-state index in [-0.39, 0.29) is 11.8 Å². The highest BCUT2D eigenvalue weighted by molar-refractivity contribution is 9.10. The minimum Gasteiger partial charge on any atom is -0.491 e. The summed E-state index contributed by atoms with van der Waals surface area (Å²) in [4.78, 5) is 12.3. The first-order valence-electron chi connectivity index (χ1n) is 6.62. The molecule has 1 saturated heterocycles. The highest BCUT2D eigenvalue weighted by Gasteiger charge is 2.23. The number of nitrogens with one attached hydrogen (secondary N) is 1. The van der Waals surface area contributed by atoms with Gasteiger partial charge in [0.15, 0.2) is 5.75 Å². The van der Waals surface area contributed by atoms with E-state index in [1.165, 1.54) is 0 Å². The Morgan fingerprint density at radius 3 is 2.85 bits per heavy atom. The molecular weight excluding hydrogens is 346 g/mol. The number of hydrogen-bond donors (Lipinski definition) is 1. The Labute approximate surface area is 131 Å². The molecule has 1 N–H and O–H groups in total. The molecule has 0 bridgehead atoms. The Bertz CT molecular complexity index is 490. The Morgan fingerprint density at radius 1 is 1.50 bits per heavy atom. The summed E-state index contributed by atoms with van der Waals surface area (Å²) in [5, 5.41) is 3.46. The molecule has 1 aromatic rings. The second-order valence-electron chi connectivity index (χ2n) is 4.57. The zero-order valence-corrected chi connectivity index (χ0v) is 13.6. The zero-order chi connectivity index (χ0) is 14.5. The van der Waals surface area contributed by atoms with Crippen LogP contribution in [0.3, 0.4) is 0 Å². The van der Waals surface area contributed by atoms with Gasteiger partial charge in [-0.3, -0.25) is 4.79 Å². The number of amides is 1. The van der Waals surface area contributed by atoms with Crippen LogP contribution in [0.1, 0.15) is 19.8 Å². The number of carbonyl (C=O) groups excluding carboxylic acids is 1. The predicted octanol–water partition coefficient (Wildman–Crippen LogP) is 3.87. The Balaban J connectivity index is 2.16. The summed E-state index contributed by atoms with van der Waals surface area (Å²) in [6.45, 7) is 3.68. The molecule has 0 atom stereocenters. The number of benzene rings is 1. The van der Waals surface area contributed by atoms with E-state index in [4.69, 9.17) is 21.1 Å². The van der Waals surface area contributed by atoms with Crippen molar-refractivity contribution in [3.8, 4) is 5.75 Å². The van der Waals surface area contributed by atoms with Crippen LogP contribution in [0, 0.1) is 5.92 Å². The third kappa shape index (κ3) is 3.87. The van der Waals surface area contributed by atoms with Gasteiger partial charge in [-0.25, -0.2) is 0 Å². The number of ether oxygens (including phenoxy) is 2. The van der Waals surface area contributed by atoms with Gasteiger partial charge in [0.1, 0.15) is 0 Å². The molecule has 1 aromatic carbocycles. The third-order valence-electron chi connectivity index (χ3n) is 3.15. The molecule has 0 spiro atoms. The van der Waals surface area contributed by atoms with Gasteiger partial charge in [0.05, 0.1) is 16.8 Å². The normalized spacial score (nSPS) is 15.9. The molecule has 2 rings (SSSR count). The van der Waals surface area contributed by atoms with Crippen LogP contribution in [0.4, 0.5) is 5.69 Å². The first-order valence-corrected chi connectivity index (χ1v) is 7.79. The van der Waals surface area contributed by atoms with Gasteiger partial charge in [-0.1, -0.05) is 11.6 Å². The molecule has 1 aliphatic heterocycles. The van der Waals surface area contributed by atoms with Crippen molar-refractivity contribution < 1.29 is 14.3 Å². The lowest BCUT2D eigenvalue weighted by molar-refractivity contribution is -0.122.